The number of nitrogens with zero attached hydrogens (tertiary/aromatic N) is 4. The largest absolute Gasteiger partial charge is 0.494 e. The van der Waals surface area contributed by atoms with E-state index in [0.717, 1.165) is 18.8 Å². The molecule has 7 atom stereocenters. The molecule has 3 saturated heterocycles. The molecule has 2 aromatic rings. The number of hydrogen-bond donors (Lipinski definition) is 1. The van der Waals surface area contributed by atoms with Crippen molar-refractivity contribution in [2.75, 3.05) is 54.1 Å². The molecule has 1 spiro atoms. The van der Waals surface area contributed by atoms with Crippen molar-refractivity contribution in [3.8, 4) is 5.75 Å². The van der Waals surface area contributed by atoms with Gasteiger partial charge >= 0.3 is 0 Å². The maximum absolute atomic E-state index is 15.3. The summed E-state index contributed by atoms with van der Waals surface area (Å²) in [6.45, 7) is 22.4. The zero-order valence-corrected chi connectivity index (χ0v) is 31.9. The number of aliphatic hydroxyl groups is 1. The summed E-state index contributed by atoms with van der Waals surface area (Å²) in [6.07, 6.45) is 5.51. The third-order valence-corrected chi connectivity index (χ3v) is 11.9. The van der Waals surface area contributed by atoms with Crippen molar-refractivity contribution < 1.29 is 29.0 Å². The van der Waals surface area contributed by atoms with Gasteiger partial charge in [-0.15, -0.1) is 13.2 Å². The van der Waals surface area contributed by atoms with Crippen LogP contribution in [0.4, 0.5) is 17.1 Å². The fourth-order valence-electron chi connectivity index (χ4n) is 9.02. The van der Waals surface area contributed by atoms with Crippen LogP contribution in [0, 0.1) is 17.8 Å². The standard InChI is InChI=1S/C42H58N4O6/c1-9-26-44(32-20-22-33(23-21-32)51-15-7)38(48)35-36-39(49)46(34(28-47)29(8)11-3)37(42(36)25-24-41(35,12-4)52-42)40(50)45(27-10-2)31-18-16-30(17-19-31)43(13-5)14-6/h9-10,16-23,29,34-37,47H,1-2,11-15,24-28H2,3-8H3/t29-,34-,35+,36-,37?,41-,42?/m0/s1. The molecule has 282 valence electrons. The molecule has 2 aromatic carbocycles. The summed E-state index contributed by atoms with van der Waals surface area (Å²) in [4.78, 5) is 52.6. The van der Waals surface area contributed by atoms with Crippen LogP contribution in [-0.2, 0) is 19.1 Å². The Hall–Kier alpha value is -4.15. The monoisotopic (exact) mass is 714 g/mol. The first kappa shape index (κ1) is 39.1. The molecule has 3 fully saturated rings. The lowest BCUT2D eigenvalue weighted by Crippen LogP contribution is -2.60. The van der Waals surface area contributed by atoms with Crippen molar-refractivity contribution in [3.63, 3.8) is 0 Å². The van der Waals surface area contributed by atoms with Gasteiger partial charge in [0.05, 0.1) is 36.7 Å². The number of ether oxygens (including phenoxy) is 2. The minimum Gasteiger partial charge on any atom is -0.494 e. The highest BCUT2D eigenvalue weighted by atomic mass is 16.5. The molecular weight excluding hydrogens is 656 g/mol. The summed E-state index contributed by atoms with van der Waals surface area (Å²) < 4.78 is 12.8. The zero-order chi connectivity index (χ0) is 37.8. The Morgan fingerprint density at radius 3 is 1.98 bits per heavy atom. The number of rotatable bonds is 18. The van der Waals surface area contributed by atoms with Crippen molar-refractivity contribution in [2.45, 2.75) is 90.5 Å². The third kappa shape index (κ3) is 6.53. The smallest absolute Gasteiger partial charge is 0.253 e. The molecule has 3 aliphatic rings. The zero-order valence-electron chi connectivity index (χ0n) is 31.9. The quantitative estimate of drug-likeness (QED) is 0.183. The molecule has 0 aliphatic carbocycles. The first-order valence-electron chi connectivity index (χ1n) is 19.1. The van der Waals surface area contributed by atoms with Crippen molar-refractivity contribution >= 4 is 34.8 Å². The van der Waals surface area contributed by atoms with E-state index in [0.29, 0.717) is 49.4 Å². The number of hydrogen-bond acceptors (Lipinski definition) is 7. The molecule has 5 rings (SSSR count). The van der Waals surface area contributed by atoms with E-state index in [1.165, 1.54) is 0 Å². The number of fused-ring (bicyclic) bond motifs is 1. The number of benzene rings is 2. The number of anilines is 3. The van der Waals surface area contributed by atoms with Crippen LogP contribution in [0.15, 0.2) is 73.8 Å². The molecule has 3 amide bonds. The van der Waals surface area contributed by atoms with Gasteiger partial charge in [-0.25, -0.2) is 0 Å². The van der Waals surface area contributed by atoms with Gasteiger partial charge in [0.25, 0.3) is 5.91 Å². The molecule has 2 bridgehead atoms. The molecule has 1 N–H and O–H groups in total. The Morgan fingerprint density at radius 2 is 1.48 bits per heavy atom. The van der Waals surface area contributed by atoms with Crippen LogP contribution in [0.2, 0.25) is 0 Å². The van der Waals surface area contributed by atoms with Crippen LogP contribution in [0.3, 0.4) is 0 Å². The summed E-state index contributed by atoms with van der Waals surface area (Å²) in [6, 6.07) is 13.5. The maximum Gasteiger partial charge on any atom is 0.253 e. The van der Waals surface area contributed by atoms with Gasteiger partial charge in [-0.05, 0) is 94.5 Å². The van der Waals surface area contributed by atoms with E-state index in [2.05, 4.69) is 31.9 Å². The van der Waals surface area contributed by atoms with Crippen LogP contribution >= 0.6 is 0 Å². The molecule has 10 heteroatoms. The predicted molar refractivity (Wildman–Crippen MR) is 207 cm³/mol. The molecule has 10 nitrogen and oxygen atoms in total. The van der Waals surface area contributed by atoms with Gasteiger partial charge in [0.2, 0.25) is 11.8 Å². The van der Waals surface area contributed by atoms with Gasteiger partial charge in [-0.1, -0.05) is 39.3 Å². The Kier molecular flexibility index (Phi) is 12.2. The fourth-order valence-corrected chi connectivity index (χ4v) is 9.02. The molecule has 52 heavy (non-hydrogen) atoms. The maximum atomic E-state index is 15.3. The van der Waals surface area contributed by atoms with Crippen LogP contribution in [-0.4, -0.2) is 90.4 Å². The van der Waals surface area contributed by atoms with Gasteiger partial charge < -0.3 is 34.2 Å². The van der Waals surface area contributed by atoms with Crippen molar-refractivity contribution in [1.82, 2.24) is 4.90 Å². The molecule has 2 unspecified atom stereocenters. The first-order chi connectivity index (χ1) is 25.1. The normalized spacial score (nSPS) is 25.7. The minimum atomic E-state index is -1.26. The average molecular weight is 715 g/mol. The predicted octanol–water partition coefficient (Wildman–Crippen LogP) is 6.23. The number of aliphatic hydroxyl groups excluding tert-OH is 1. The Balaban J connectivity index is 1.63. The van der Waals surface area contributed by atoms with Gasteiger partial charge in [0, 0.05) is 43.2 Å². The van der Waals surface area contributed by atoms with Gasteiger partial charge in [0.1, 0.15) is 17.4 Å². The van der Waals surface area contributed by atoms with Crippen molar-refractivity contribution in [1.29, 1.82) is 0 Å². The van der Waals surface area contributed by atoms with Crippen LogP contribution in [0.5, 0.6) is 5.75 Å². The van der Waals surface area contributed by atoms with E-state index in [9.17, 15) is 5.11 Å². The highest BCUT2D eigenvalue weighted by molar-refractivity contribution is 6.07. The lowest BCUT2D eigenvalue weighted by Gasteiger charge is -2.41. The molecule has 0 saturated carbocycles. The Morgan fingerprint density at radius 1 is 0.923 bits per heavy atom. The van der Waals surface area contributed by atoms with Crippen LogP contribution in [0.25, 0.3) is 0 Å². The summed E-state index contributed by atoms with van der Waals surface area (Å²) in [7, 11) is 0. The molecule has 3 heterocycles. The lowest BCUT2D eigenvalue weighted by molar-refractivity contribution is -0.150. The number of likely N-dealkylation sites (tertiary alicyclic amines) is 1. The molecule has 0 aromatic heterocycles. The highest BCUT2D eigenvalue weighted by Gasteiger charge is 2.79. The average Bonchev–Trinajstić information content (AvgIpc) is 3.77. The van der Waals surface area contributed by atoms with Gasteiger partial charge in [0.15, 0.2) is 0 Å². The van der Waals surface area contributed by atoms with E-state index in [1.54, 1.807) is 26.9 Å². The Bertz CT molecular complexity index is 1590. The van der Waals surface area contributed by atoms with Crippen LogP contribution < -0.4 is 19.4 Å². The van der Waals surface area contributed by atoms with E-state index >= 15 is 14.4 Å². The third-order valence-electron chi connectivity index (χ3n) is 11.9. The molecule has 0 radical (unpaired) electrons. The number of carbonyl (C=O) groups is 3. The highest BCUT2D eigenvalue weighted by Crippen LogP contribution is 2.65. The Labute approximate surface area is 310 Å². The SMILES string of the molecule is C=CCN(C(=O)C1N([C@@H](CO)[C@@H](C)CC)C(=O)[C@@H]2[C@H](C(=O)N(CC=C)c3ccc(OCC)cc3)[C@]3(CC)CCC12O3)c1ccc(N(CC)CC)cc1. The lowest BCUT2D eigenvalue weighted by atomic mass is 9.64. The van der Waals surface area contributed by atoms with E-state index in [1.807, 2.05) is 76.2 Å². The molecular formula is C42H58N4O6. The first-order valence-corrected chi connectivity index (χ1v) is 19.1. The molecule has 3 aliphatic heterocycles. The topological polar surface area (TPSA) is 103 Å². The summed E-state index contributed by atoms with van der Waals surface area (Å²) >= 11 is 0. The van der Waals surface area contributed by atoms with E-state index in [4.69, 9.17) is 9.47 Å². The van der Waals surface area contributed by atoms with Gasteiger partial charge in [-0.2, -0.15) is 0 Å². The summed E-state index contributed by atoms with van der Waals surface area (Å²) in [5.41, 5.74) is 0.186. The minimum absolute atomic E-state index is 0.117. The van der Waals surface area contributed by atoms with Gasteiger partial charge in [-0.3, -0.25) is 14.4 Å². The summed E-state index contributed by atoms with van der Waals surface area (Å²) in [5.74, 6) is -2.03. The van der Waals surface area contributed by atoms with Crippen molar-refractivity contribution in [3.05, 3.63) is 73.8 Å². The second-order valence-electron chi connectivity index (χ2n) is 14.3. The van der Waals surface area contributed by atoms with E-state index < -0.39 is 35.1 Å². The second-order valence-corrected chi connectivity index (χ2v) is 14.3. The fraction of sp³-hybridized carbons (Fsp3) is 0.548. The second kappa shape index (κ2) is 16.3. The number of amides is 3. The van der Waals surface area contributed by atoms with Crippen LogP contribution in [0.1, 0.15) is 67.2 Å². The number of carbonyl (C=O) groups excluding carboxylic acids is 3. The summed E-state index contributed by atoms with van der Waals surface area (Å²) in [5, 5.41) is 10.9. The van der Waals surface area contributed by atoms with E-state index in [-0.39, 0.29) is 43.3 Å². The van der Waals surface area contributed by atoms with Crippen molar-refractivity contribution in [2.24, 2.45) is 17.8 Å².